The third kappa shape index (κ3) is 7.53. The van der Waals surface area contributed by atoms with Gasteiger partial charge < -0.3 is 30.0 Å². The summed E-state index contributed by atoms with van der Waals surface area (Å²) in [7, 11) is 2.14. The summed E-state index contributed by atoms with van der Waals surface area (Å²) in [4.78, 5) is 29.4. The highest BCUT2D eigenvalue weighted by Gasteiger charge is 2.26. The number of likely N-dealkylation sites (N-methyl/N-ethyl adjacent to an activating group) is 2. The van der Waals surface area contributed by atoms with Crippen molar-refractivity contribution in [3.05, 3.63) is 76.5 Å². The summed E-state index contributed by atoms with van der Waals surface area (Å²) in [6, 6.07) is 12.8. The minimum absolute atomic E-state index is 0.187. The number of hydrogen-bond donors (Lipinski definition) is 1. The quantitative estimate of drug-likeness (QED) is 0.266. The average Bonchev–Trinajstić information content (AvgIpc) is 3.40. The fraction of sp³-hybridized carbons (Fsp3) is 0.438. The number of ether oxygens (including phenoxy) is 1. The van der Waals surface area contributed by atoms with Crippen LogP contribution in [0.5, 0.6) is 6.01 Å². The Morgan fingerprint density at radius 2 is 2.05 bits per heavy atom. The zero-order valence-corrected chi connectivity index (χ0v) is 25.8. The van der Waals surface area contributed by atoms with E-state index in [0.29, 0.717) is 37.6 Å². The molecule has 0 bridgehead atoms. The number of amides is 1. The molecular formula is C32H39ClFN7O2. The molecule has 228 valence electrons. The van der Waals surface area contributed by atoms with E-state index in [9.17, 15) is 9.18 Å². The summed E-state index contributed by atoms with van der Waals surface area (Å²) >= 11 is 6.55. The van der Waals surface area contributed by atoms with E-state index >= 15 is 0 Å². The molecule has 0 aliphatic carbocycles. The van der Waals surface area contributed by atoms with Crippen molar-refractivity contribution < 1.29 is 13.9 Å². The third-order valence-corrected chi connectivity index (χ3v) is 8.36. The minimum atomic E-state index is -0.973. The second-order valence-electron chi connectivity index (χ2n) is 10.9. The first-order valence-electron chi connectivity index (χ1n) is 14.5. The van der Waals surface area contributed by atoms with Crippen molar-refractivity contribution in [2.24, 2.45) is 0 Å². The molecule has 5 rings (SSSR count). The summed E-state index contributed by atoms with van der Waals surface area (Å²) in [5.41, 5.74) is 9.36. The number of rotatable bonds is 8. The Morgan fingerprint density at radius 3 is 2.70 bits per heavy atom. The van der Waals surface area contributed by atoms with E-state index in [0.717, 1.165) is 58.7 Å². The van der Waals surface area contributed by atoms with Gasteiger partial charge in [-0.25, -0.2) is 11.0 Å². The number of likely N-dealkylation sites (tertiary alicyclic amines) is 1. The smallest absolute Gasteiger partial charge is 0.318 e. The lowest BCUT2D eigenvalue weighted by Gasteiger charge is -2.31. The van der Waals surface area contributed by atoms with Crippen LogP contribution in [0.25, 0.3) is 15.6 Å². The molecule has 1 amide bonds. The summed E-state index contributed by atoms with van der Waals surface area (Å²) in [5, 5.41) is 2.98. The maximum atomic E-state index is 12.5. The van der Waals surface area contributed by atoms with Gasteiger partial charge in [-0.2, -0.15) is 9.97 Å². The molecule has 0 unspecified atom stereocenters. The molecule has 3 heterocycles. The van der Waals surface area contributed by atoms with Gasteiger partial charge in [-0.15, -0.1) is 0 Å². The number of carbonyl (C=O) groups excluding carboxylic acids is 1. The Hall–Kier alpha value is -3.94. The van der Waals surface area contributed by atoms with Crippen LogP contribution in [-0.4, -0.2) is 77.6 Å². The van der Waals surface area contributed by atoms with Crippen LogP contribution in [0.2, 0.25) is 5.02 Å². The number of nitrogens with zero attached hydrogens (tertiary/aromatic N) is 6. The van der Waals surface area contributed by atoms with Crippen LogP contribution in [0.3, 0.4) is 0 Å². The monoisotopic (exact) mass is 607 g/mol. The van der Waals surface area contributed by atoms with E-state index in [2.05, 4.69) is 57.5 Å². The molecule has 0 saturated carbocycles. The molecule has 1 aromatic heterocycles. The van der Waals surface area contributed by atoms with Crippen molar-refractivity contribution in [3.63, 3.8) is 0 Å². The lowest BCUT2D eigenvalue weighted by atomic mass is 10.0. The van der Waals surface area contributed by atoms with Gasteiger partial charge in [0.15, 0.2) is 5.83 Å². The van der Waals surface area contributed by atoms with Crippen LogP contribution in [0.4, 0.5) is 15.9 Å². The number of fused-ring (bicyclic) bond motifs is 2. The molecule has 2 atom stereocenters. The number of aromatic nitrogens is 2. The topological polar surface area (TPSA) is 92.2 Å². The highest BCUT2D eigenvalue weighted by atomic mass is 35.5. The van der Waals surface area contributed by atoms with Gasteiger partial charge in [0.05, 0.1) is 17.3 Å². The van der Waals surface area contributed by atoms with Crippen LogP contribution < -0.4 is 15.4 Å². The van der Waals surface area contributed by atoms with E-state index in [-0.39, 0.29) is 12.6 Å². The second-order valence-corrected chi connectivity index (χ2v) is 11.3. The van der Waals surface area contributed by atoms with Gasteiger partial charge in [-0.1, -0.05) is 42.4 Å². The predicted molar refractivity (Wildman–Crippen MR) is 170 cm³/mol. The van der Waals surface area contributed by atoms with Crippen LogP contribution in [0.15, 0.2) is 48.8 Å². The fourth-order valence-electron chi connectivity index (χ4n) is 5.65. The van der Waals surface area contributed by atoms with E-state index in [1.54, 1.807) is 13.8 Å². The van der Waals surface area contributed by atoms with Crippen molar-refractivity contribution >= 4 is 39.8 Å². The van der Waals surface area contributed by atoms with Crippen molar-refractivity contribution in [3.8, 4) is 6.01 Å². The van der Waals surface area contributed by atoms with Crippen LogP contribution in [0, 0.1) is 6.57 Å². The van der Waals surface area contributed by atoms with Gasteiger partial charge >= 0.3 is 6.01 Å². The first-order chi connectivity index (χ1) is 20.6. The molecule has 9 nitrogen and oxygen atoms in total. The highest BCUT2D eigenvalue weighted by molar-refractivity contribution is 6.36. The molecule has 43 heavy (non-hydrogen) atoms. The zero-order valence-electron chi connectivity index (χ0n) is 25.0. The largest absolute Gasteiger partial charge is 0.462 e. The number of nitrogens with two attached hydrogens (primary N) is 1. The van der Waals surface area contributed by atoms with E-state index < -0.39 is 11.7 Å². The second kappa shape index (κ2) is 14.5. The lowest BCUT2D eigenvalue weighted by molar-refractivity contribution is -0.130. The molecule has 2 N–H and O–H groups in total. The predicted octanol–water partition coefficient (Wildman–Crippen LogP) is 5.53. The number of anilines is 2. The Bertz CT molecular complexity index is 1510. The molecule has 1 saturated heterocycles. The van der Waals surface area contributed by atoms with Crippen LogP contribution in [0.1, 0.15) is 37.9 Å². The van der Waals surface area contributed by atoms with E-state index in [1.807, 2.05) is 12.1 Å². The molecular weight excluding hydrogens is 569 g/mol. The Kier molecular flexibility index (Phi) is 10.8. The molecule has 11 heteroatoms. The minimum Gasteiger partial charge on any atom is -0.462 e. The summed E-state index contributed by atoms with van der Waals surface area (Å²) in [5.74, 6) is -1.16. The van der Waals surface area contributed by atoms with Gasteiger partial charge in [0.1, 0.15) is 18.5 Å². The first kappa shape index (κ1) is 32.0. The van der Waals surface area contributed by atoms with Gasteiger partial charge in [0.25, 0.3) is 5.91 Å². The molecule has 0 spiro atoms. The van der Waals surface area contributed by atoms with E-state index in [1.165, 1.54) is 11.3 Å². The standard InChI is InChI=1S/C23H26ClN5O.C9H13FN2O/c1-28-11-4-7-16(28)14-30-23-26-19-13-29(12-10-17(19)22(25)27-23)20-9-3-6-15-5-2-8-18(24)21(15)20;1-5-12(7(2)6-11-4)9(13)8(3)10/h2-3,5-6,8-9,16H,4,7,10-14H2,1H3,(H2,25,26,27);7H,3,5-6H2,1-2H3/t16-;7-/m11/s1. The zero-order chi connectivity index (χ0) is 31.1. The highest BCUT2D eigenvalue weighted by Crippen LogP contribution is 2.36. The summed E-state index contributed by atoms with van der Waals surface area (Å²) in [6.45, 7) is 16.8. The molecule has 2 aliphatic heterocycles. The molecule has 2 aromatic carbocycles. The number of nitrogen functional groups attached to an aromatic ring is 1. The third-order valence-electron chi connectivity index (χ3n) is 8.05. The summed E-state index contributed by atoms with van der Waals surface area (Å²) < 4.78 is 18.4. The van der Waals surface area contributed by atoms with Crippen LogP contribution >= 0.6 is 11.6 Å². The Labute approximate surface area is 257 Å². The molecule has 1 fully saturated rings. The van der Waals surface area contributed by atoms with Crippen molar-refractivity contribution in [1.82, 2.24) is 19.8 Å². The maximum Gasteiger partial charge on any atom is 0.318 e. The van der Waals surface area contributed by atoms with Gasteiger partial charge in [-0.3, -0.25) is 4.79 Å². The number of halogens is 2. The first-order valence-corrected chi connectivity index (χ1v) is 14.9. The summed E-state index contributed by atoms with van der Waals surface area (Å²) in [6.07, 6.45) is 3.15. The maximum absolute atomic E-state index is 12.5. The lowest BCUT2D eigenvalue weighted by Crippen LogP contribution is -2.40. The fourth-order valence-corrected chi connectivity index (χ4v) is 5.93. The van der Waals surface area contributed by atoms with Gasteiger partial charge in [-0.05, 0) is 64.2 Å². The number of benzene rings is 2. The van der Waals surface area contributed by atoms with Crippen molar-refractivity contribution in [2.75, 3.05) is 50.5 Å². The normalized spacial score (nSPS) is 16.9. The van der Waals surface area contributed by atoms with Crippen molar-refractivity contribution in [2.45, 2.75) is 51.7 Å². The van der Waals surface area contributed by atoms with Crippen molar-refractivity contribution in [1.29, 1.82) is 0 Å². The Balaban J connectivity index is 0.000000277. The molecule has 3 aromatic rings. The molecule has 2 aliphatic rings. The van der Waals surface area contributed by atoms with Crippen LogP contribution in [-0.2, 0) is 17.8 Å². The Morgan fingerprint density at radius 1 is 1.30 bits per heavy atom. The van der Waals surface area contributed by atoms with Gasteiger partial charge in [0.2, 0.25) is 6.54 Å². The van der Waals surface area contributed by atoms with E-state index in [4.69, 9.17) is 33.6 Å². The average molecular weight is 608 g/mol. The van der Waals surface area contributed by atoms with Gasteiger partial charge in [0, 0.05) is 35.8 Å². The number of carbonyl (C=O) groups is 1. The SMILES string of the molecule is CN1CCC[C@@H]1COc1nc(N)c2c(n1)CN(c1cccc3cccc(Cl)c13)CC2.[C-]#[N+]C[C@@H](C)N(CC)C(=O)C(=C)F. The molecule has 0 radical (unpaired) electrons. The number of hydrogen-bond acceptors (Lipinski definition) is 7.